The number of hydrogen-bond acceptors (Lipinski definition) is 7. The first kappa shape index (κ1) is 22.4. The lowest BCUT2D eigenvalue weighted by molar-refractivity contribution is -0.137. The summed E-state index contributed by atoms with van der Waals surface area (Å²) in [5.74, 6) is -1.31. The first-order valence-corrected chi connectivity index (χ1v) is 10.5. The highest BCUT2D eigenvalue weighted by Gasteiger charge is 2.33. The lowest BCUT2D eigenvalue weighted by Gasteiger charge is -2.33. The van der Waals surface area contributed by atoms with Crippen LogP contribution in [-0.4, -0.2) is 30.0 Å². The lowest BCUT2D eigenvalue weighted by atomic mass is 10.1. The average molecular weight is 466 g/mol. The van der Waals surface area contributed by atoms with Crippen molar-refractivity contribution in [2.24, 2.45) is 16.5 Å². The fraction of sp³-hybridized carbons (Fsp3) is 0.333. The number of aromatic nitrogens is 1. The largest absolute Gasteiger partial charge is 0.416 e. The van der Waals surface area contributed by atoms with E-state index in [9.17, 15) is 13.2 Å². The molecule has 2 aliphatic rings. The number of anilines is 2. The zero-order chi connectivity index (χ0) is 22.9. The van der Waals surface area contributed by atoms with E-state index in [4.69, 9.17) is 23.1 Å². The number of hydrogen-bond donors (Lipinski definition) is 4. The summed E-state index contributed by atoms with van der Waals surface area (Å²) in [5.41, 5.74) is 13.2. The number of piperidine rings is 1. The van der Waals surface area contributed by atoms with Gasteiger partial charge in [0.2, 0.25) is 5.79 Å². The monoisotopic (exact) mass is 465 g/mol. The molecule has 1 aromatic heterocycles. The van der Waals surface area contributed by atoms with Crippen LogP contribution in [0.5, 0.6) is 0 Å². The number of alkyl halides is 3. The van der Waals surface area contributed by atoms with Crippen LogP contribution in [0.25, 0.3) is 0 Å². The van der Waals surface area contributed by atoms with Gasteiger partial charge in [0.15, 0.2) is 0 Å². The topological polar surface area (TPSA) is 105 Å². The molecular formula is C21H23ClF3N7. The molecule has 0 amide bonds. The molecule has 170 valence electrons. The second-order valence-corrected chi connectivity index (χ2v) is 8.20. The number of aliphatic imine (C=N–C) groups is 1. The lowest BCUT2D eigenvalue weighted by Crippen LogP contribution is -2.50. The second-order valence-electron chi connectivity index (χ2n) is 7.79. The highest BCUT2D eigenvalue weighted by molar-refractivity contribution is 6.45. The predicted molar refractivity (Wildman–Crippen MR) is 119 cm³/mol. The maximum atomic E-state index is 13.0. The molecular weight excluding hydrogens is 443 g/mol. The van der Waals surface area contributed by atoms with Crippen molar-refractivity contribution in [1.82, 2.24) is 10.3 Å². The van der Waals surface area contributed by atoms with Crippen molar-refractivity contribution in [3.63, 3.8) is 0 Å². The predicted octanol–water partition coefficient (Wildman–Crippen LogP) is 3.29. The van der Waals surface area contributed by atoms with E-state index < -0.39 is 17.5 Å². The first-order chi connectivity index (χ1) is 15.1. The van der Waals surface area contributed by atoms with Crippen molar-refractivity contribution in [2.45, 2.75) is 30.8 Å². The Kier molecular flexibility index (Phi) is 6.02. The molecule has 1 aromatic carbocycles. The van der Waals surface area contributed by atoms with E-state index in [2.05, 4.69) is 25.5 Å². The van der Waals surface area contributed by atoms with Crippen molar-refractivity contribution < 1.29 is 13.2 Å². The van der Waals surface area contributed by atoms with Crippen LogP contribution in [0.4, 0.5) is 24.5 Å². The summed E-state index contributed by atoms with van der Waals surface area (Å²) in [7, 11) is 0. The van der Waals surface area contributed by atoms with Crippen LogP contribution in [0.1, 0.15) is 24.1 Å². The number of amidine groups is 1. The highest BCUT2D eigenvalue weighted by Crippen LogP contribution is 2.31. The molecule has 1 fully saturated rings. The van der Waals surface area contributed by atoms with E-state index in [1.165, 1.54) is 18.3 Å². The number of pyridine rings is 1. The minimum atomic E-state index is -4.46. The third kappa shape index (κ3) is 4.82. The van der Waals surface area contributed by atoms with Crippen molar-refractivity contribution in [2.75, 3.05) is 23.3 Å². The number of nitrogens with two attached hydrogens (primary N) is 2. The van der Waals surface area contributed by atoms with E-state index in [1.54, 1.807) is 12.3 Å². The van der Waals surface area contributed by atoms with Gasteiger partial charge in [-0.2, -0.15) is 13.2 Å². The molecule has 32 heavy (non-hydrogen) atoms. The number of halogens is 4. The van der Waals surface area contributed by atoms with Gasteiger partial charge in [-0.25, -0.2) is 4.99 Å². The maximum Gasteiger partial charge on any atom is 0.416 e. The number of nitrogens with zero attached hydrogens (tertiary/aromatic N) is 3. The molecule has 6 N–H and O–H groups in total. The summed E-state index contributed by atoms with van der Waals surface area (Å²) < 4.78 is 39.0. The zero-order valence-electron chi connectivity index (χ0n) is 17.0. The molecule has 0 aliphatic carbocycles. The third-order valence-electron chi connectivity index (χ3n) is 5.43. The number of rotatable bonds is 3. The van der Waals surface area contributed by atoms with Crippen molar-refractivity contribution in [3.05, 3.63) is 65.1 Å². The Morgan fingerprint density at radius 3 is 2.59 bits per heavy atom. The van der Waals surface area contributed by atoms with Gasteiger partial charge in [-0.1, -0.05) is 17.7 Å². The van der Waals surface area contributed by atoms with Crippen molar-refractivity contribution in [3.8, 4) is 0 Å². The minimum absolute atomic E-state index is 0.128. The molecule has 7 nitrogen and oxygen atoms in total. The van der Waals surface area contributed by atoms with Crippen LogP contribution in [0, 0.1) is 0 Å². The van der Waals surface area contributed by atoms with E-state index in [0.29, 0.717) is 5.69 Å². The normalized spacial score (nSPS) is 22.1. The van der Waals surface area contributed by atoms with E-state index in [0.717, 1.165) is 43.8 Å². The molecule has 0 bridgehead atoms. The van der Waals surface area contributed by atoms with Gasteiger partial charge in [0, 0.05) is 31.0 Å². The molecule has 0 saturated carbocycles. The maximum absolute atomic E-state index is 13.0. The van der Waals surface area contributed by atoms with Crippen molar-refractivity contribution in [1.29, 1.82) is 0 Å². The molecule has 1 unspecified atom stereocenters. The van der Waals surface area contributed by atoms with E-state index >= 15 is 0 Å². The Morgan fingerprint density at radius 1 is 1.19 bits per heavy atom. The van der Waals surface area contributed by atoms with Crippen LogP contribution in [0.15, 0.2) is 58.8 Å². The van der Waals surface area contributed by atoms with Gasteiger partial charge < -0.3 is 21.3 Å². The van der Waals surface area contributed by atoms with Gasteiger partial charge in [0.1, 0.15) is 11.5 Å². The van der Waals surface area contributed by atoms with E-state index in [1.807, 2.05) is 6.07 Å². The average Bonchev–Trinajstić information content (AvgIpc) is 2.77. The van der Waals surface area contributed by atoms with Crippen LogP contribution in [-0.2, 0) is 12.0 Å². The molecule has 0 spiro atoms. The van der Waals surface area contributed by atoms with Crippen LogP contribution in [0.3, 0.4) is 0 Å². The summed E-state index contributed by atoms with van der Waals surface area (Å²) in [6.45, 7) is 1.71. The molecule has 2 aromatic rings. The number of nitrogens with one attached hydrogen (secondary N) is 2. The SMILES string of the molecule is NC1CCN(c2ccc(C3(N)N=C(Nc4cccc(C(F)(F)F)c4)C(Cl)=CN3)nc2)CC1. The summed E-state index contributed by atoms with van der Waals surface area (Å²) in [6, 6.07) is 8.64. The van der Waals surface area contributed by atoms with Gasteiger partial charge in [0.05, 0.1) is 22.5 Å². The third-order valence-corrected chi connectivity index (χ3v) is 5.72. The van der Waals surface area contributed by atoms with Gasteiger partial charge in [0.25, 0.3) is 0 Å². The summed E-state index contributed by atoms with van der Waals surface area (Å²) >= 11 is 6.21. The quantitative estimate of drug-likeness (QED) is 0.554. The van der Waals surface area contributed by atoms with Crippen LogP contribution in [0.2, 0.25) is 0 Å². The Hall–Kier alpha value is -2.82. The van der Waals surface area contributed by atoms with Crippen LogP contribution < -0.4 is 27.0 Å². The Morgan fingerprint density at radius 2 is 1.94 bits per heavy atom. The summed E-state index contributed by atoms with van der Waals surface area (Å²) in [5, 5.41) is 5.89. The van der Waals surface area contributed by atoms with Crippen LogP contribution >= 0.6 is 11.6 Å². The van der Waals surface area contributed by atoms with Gasteiger partial charge in [-0.15, -0.1) is 0 Å². The summed E-state index contributed by atoms with van der Waals surface area (Å²) in [4.78, 5) is 11.1. The fourth-order valence-corrected chi connectivity index (χ4v) is 3.73. The Balaban J connectivity index is 1.55. The molecule has 0 radical (unpaired) electrons. The molecule has 4 rings (SSSR count). The van der Waals surface area contributed by atoms with E-state index in [-0.39, 0.29) is 22.6 Å². The highest BCUT2D eigenvalue weighted by atomic mass is 35.5. The second kappa shape index (κ2) is 8.61. The Labute approximate surface area is 188 Å². The zero-order valence-corrected chi connectivity index (χ0v) is 17.8. The first-order valence-electron chi connectivity index (χ1n) is 10.1. The molecule has 11 heteroatoms. The Bertz CT molecular complexity index is 1030. The summed E-state index contributed by atoms with van der Waals surface area (Å²) in [6.07, 6.45) is 0.532. The minimum Gasteiger partial charge on any atom is -0.370 e. The molecule has 3 heterocycles. The number of benzene rings is 1. The standard InChI is InChI=1S/C21H23ClF3N7/c22-17-12-29-21(27,18-5-4-16(11-28-18)32-8-6-14(26)7-9-32)31-19(17)30-15-3-1-2-13(10-15)20(23,24)25/h1-5,10-12,14,29H,6-9,26-27H2,(H,30,31). The molecule has 2 aliphatic heterocycles. The van der Waals surface area contributed by atoms with Gasteiger partial charge in [-0.05, 0) is 43.2 Å². The van der Waals surface area contributed by atoms with Gasteiger partial charge in [-0.3, -0.25) is 10.7 Å². The van der Waals surface area contributed by atoms with Crippen molar-refractivity contribution >= 4 is 28.8 Å². The smallest absolute Gasteiger partial charge is 0.370 e. The van der Waals surface area contributed by atoms with Gasteiger partial charge >= 0.3 is 6.18 Å². The molecule has 1 saturated heterocycles. The molecule has 1 atom stereocenters. The fourth-order valence-electron chi connectivity index (χ4n) is 3.59.